The minimum atomic E-state index is -1.41. The number of carbonyl (C=O) groups excluding carboxylic acids is 2. The van der Waals surface area contributed by atoms with Gasteiger partial charge < -0.3 is 18.9 Å². The third-order valence-electron chi connectivity index (χ3n) is 4.71. The SMILES string of the molecule is C=CC1CC(C(=O)OCC)(C(=O)OCC)Cc2cc(OC)cc(OC)c21. The fourth-order valence-electron chi connectivity index (χ4n) is 3.52. The van der Waals surface area contributed by atoms with Crippen molar-refractivity contribution in [1.82, 2.24) is 0 Å². The smallest absolute Gasteiger partial charge is 0.323 e. The number of rotatable bonds is 7. The van der Waals surface area contributed by atoms with Crippen LogP contribution in [0.3, 0.4) is 0 Å². The first kappa shape index (κ1) is 19.8. The Labute approximate surface area is 154 Å². The highest BCUT2D eigenvalue weighted by Crippen LogP contribution is 2.49. The number of benzene rings is 1. The van der Waals surface area contributed by atoms with Gasteiger partial charge in [-0.25, -0.2) is 0 Å². The van der Waals surface area contributed by atoms with Gasteiger partial charge in [-0.2, -0.15) is 0 Å². The van der Waals surface area contributed by atoms with Crippen molar-refractivity contribution in [3.8, 4) is 11.5 Å². The zero-order chi connectivity index (χ0) is 19.3. The summed E-state index contributed by atoms with van der Waals surface area (Å²) in [6.07, 6.45) is 2.11. The number of methoxy groups -OCH3 is 2. The van der Waals surface area contributed by atoms with Gasteiger partial charge in [-0.1, -0.05) is 6.08 Å². The molecule has 0 saturated heterocycles. The van der Waals surface area contributed by atoms with Crippen LogP contribution in [0.25, 0.3) is 0 Å². The fourth-order valence-corrected chi connectivity index (χ4v) is 3.52. The summed E-state index contributed by atoms with van der Waals surface area (Å²) in [4.78, 5) is 25.6. The summed E-state index contributed by atoms with van der Waals surface area (Å²) in [5.41, 5.74) is 0.292. The van der Waals surface area contributed by atoms with E-state index in [-0.39, 0.29) is 32.0 Å². The van der Waals surface area contributed by atoms with E-state index in [9.17, 15) is 9.59 Å². The van der Waals surface area contributed by atoms with E-state index >= 15 is 0 Å². The van der Waals surface area contributed by atoms with Gasteiger partial charge in [0.05, 0.1) is 27.4 Å². The molecule has 0 saturated carbocycles. The molecule has 0 amide bonds. The monoisotopic (exact) mass is 362 g/mol. The molecule has 0 heterocycles. The maximum absolute atomic E-state index is 12.8. The average molecular weight is 362 g/mol. The highest BCUT2D eigenvalue weighted by atomic mass is 16.6. The summed E-state index contributed by atoms with van der Waals surface area (Å²) >= 11 is 0. The maximum atomic E-state index is 12.8. The second kappa shape index (κ2) is 8.25. The number of allylic oxidation sites excluding steroid dienone is 1. The first-order valence-corrected chi connectivity index (χ1v) is 8.69. The molecular weight excluding hydrogens is 336 g/mol. The van der Waals surface area contributed by atoms with Crippen molar-refractivity contribution in [2.45, 2.75) is 32.6 Å². The molecule has 26 heavy (non-hydrogen) atoms. The van der Waals surface area contributed by atoms with Crippen molar-refractivity contribution >= 4 is 11.9 Å². The van der Waals surface area contributed by atoms with Gasteiger partial charge >= 0.3 is 11.9 Å². The molecular formula is C20H26O6. The van der Waals surface area contributed by atoms with Crippen LogP contribution in [0.1, 0.15) is 37.3 Å². The van der Waals surface area contributed by atoms with Crippen LogP contribution in [0, 0.1) is 5.41 Å². The molecule has 1 aromatic carbocycles. The molecule has 1 unspecified atom stereocenters. The molecule has 0 fully saturated rings. The minimum Gasteiger partial charge on any atom is -0.497 e. The predicted octanol–water partition coefficient (Wildman–Crippen LogP) is 3.03. The lowest BCUT2D eigenvalue weighted by molar-refractivity contribution is -0.173. The molecule has 0 radical (unpaired) electrons. The molecule has 0 N–H and O–H groups in total. The Morgan fingerprint density at radius 1 is 1.15 bits per heavy atom. The molecule has 142 valence electrons. The van der Waals surface area contributed by atoms with Gasteiger partial charge in [0.1, 0.15) is 11.5 Å². The normalized spacial score (nSPS) is 17.6. The van der Waals surface area contributed by atoms with Gasteiger partial charge in [0.15, 0.2) is 5.41 Å². The van der Waals surface area contributed by atoms with Crippen LogP contribution in [-0.4, -0.2) is 39.4 Å². The number of carbonyl (C=O) groups is 2. The van der Waals surface area contributed by atoms with E-state index in [1.807, 2.05) is 6.07 Å². The highest BCUT2D eigenvalue weighted by molar-refractivity contribution is 6.01. The van der Waals surface area contributed by atoms with Gasteiger partial charge in [-0.05, 0) is 38.3 Å². The third kappa shape index (κ3) is 3.41. The number of esters is 2. The third-order valence-corrected chi connectivity index (χ3v) is 4.71. The lowest BCUT2D eigenvalue weighted by Gasteiger charge is -2.38. The van der Waals surface area contributed by atoms with Gasteiger partial charge in [0, 0.05) is 17.5 Å². The van der Waals surface area contributed by atoms with E-state index in [2.05, 4.69) is 6.58 Å². The van der Waals surface area contributed by atoms with E-state index in [0.29, 0.717) is 11.5 Å². The second-order valence-electron chi connectivity index (χ2n) is 6.15. The van der Waals surface area contributed by atoms with Crippen LogP contribution in [0.5, 0.6) is 11.5 Å². The zero-order valence-corrected chi connectivity index (χ0v) is 15.8. The molecule has 6 heteroatoms. The number of hydrogen-bond acceptors (Lipinski definition) is 6. The molecule has 0 spiro atoms. The zero-order valence-electron chi connectivity index (χ0n) is 15.8. The van der Waals surface area contributed by atoms with Gasteiger partial charge in [-0.15, -0.1) is 6.58 Å². The van der Waals surface area contributed by atoms with Gasteiger partial charge in [0.25, 0.3) is 0 Å². The molecule has 6 nitrogen and oxygen atoms in total. The Morgan fingerprint density at radius 3 is 2.23 bits per heavy atom. The molecule has 1 aromatic rings. The van der Waals surface area contributed by atoms with E-state index in [0.717, 1.165) is 11.1 Å². The first-order chi connectivity index (χ1) is 12.5. The van der Waals surface area contributed by atoms with Crippen LogP contribution in [-0.2, 0) is 25.5 Å². The van der Waals surface area contributed by atoms with Crippen LogP contribution in [0.4, 0.5) is 0 Å². The number of fused-ring (bicyclic) bond motifs is 1. The first-order valence-electron chi connectivity index (χ1n) is 8.69. The van der Waals surface area contributed by atoms with Crippen molar-refractivity contribution in [3.63, 3.8) is 0 Å². The molecule has 0 aromatic heterocycles. The van der Waals surface area contributed by atoms with Crippen LogP contribution in [0.2, 0.25) is 0 Å². The molecule has 1 atom stereocenters. The Balaban J connectivity index is 2.64. The molecule has 1 aliphatic carbocycles. The summed E-state index contributed by atoms with van der Waals surface area (Å²) in [6, 6.07) is 3.61. The van der Waals surface area contributed by atoms with Gasteiger partial charge in [0.2, 0.25) is 0 Å². The van der Waals surface area contributed by atoms with Crippen molar-refractivity contribution in [1.29, 1.82) is 0 Å². The average Bonchev–Trinajstić information content (AvgIpc) is 2.66. The molecule has 0 bridgehead atoms. The standard InChI is InChI=1S/C20H26O6/c1-6-13-11-20(18(21)25-7-2,19(22)26-8-3)12-14-9-15(23-4)10-16(24-5)17(13)14/h6,9-10,13H,1,7-8,11-12H2,2-5H3. The van der Waals surface area contributed by atoms with E-state index in [4.69, 9.17) is 18.9 Å². The summed E-state index contributed by atoms with van der Waals surface area (Å²) in [5.74, 6) is -0.165. The number of hydrogen-bond donors (Lipinski definition) is 0. The summed E-state index contributed by atoms with van der Waals surface area (Å²) in [5, 5.41) is 0. The van der Waals surface area contributed by atoms with E-state index < -0.39 is 17.4 Å². The lowest BCUT2D eigenvalue weighted by Crippen LogP contribution is -2.47. The van der Waals surface area contributed by atoms with Crippen LogP contribution < -0.4 is 9.47 Å². The van der Waals surface area contributed by atoms with Crippen molar-refractivity contribution in [3.05, 3.63) is 35.9 Å². The fraction of sp³-hybridized carbons (Fsp3) is 0.500. The Bertz CT molecular complexity index is 676. The quantitative estimate of drug-likeness (QED) is 0.422. The van der Waals surface area contributed by atoms with Gasteiger partial charge in [-0.3, -0.25) is 9.59 Å². The molecule has 2 rings (SSSR count). The minimum absolute atomic E-state index is 0.165. The summed E-state index contributed by atoms with van der Waals surface area (Å²) < 4.78 is 21.3. The maximum Gasteiger partial charge on any atom is 0.323 e. The summed E-state index contributed by atoms with van der Waals surface area (Å²) in [7, 11) is 3.13. The molecule has 1 aliphatic rings. The summed E-state index contributed by atoms with van der Waals surface area (Å²) in [6.45, 7) is 7.69. The van der Waals surface area contributed by atoms with Crippen molar-refractivity contribution in [2.75, 3.05) is 27.4 Å². The predicted molar refractivity (Wildman–Crippen MR) is 96.5 cm³/mol. The van der Waals surface area contributed by atoms with E-state index in [1.54, 1.807) is 40.2 Å². The highest BCUT2D eigenvalue weighted by Gasteiger charge is 2.53. The largest absolute Gasteiger partial charge is 0.497 e. The van der Waals surface area contributed by atoms with Crippen molar-refractivity contribution < 1.29 is 28.5 Å². The van der Waals surface area contributed by atoms with Crippen molar-refractivity contribution in [2.24, 2.45) is 5.41 Å². The van der Waals surface area contributed by atoms with Crippen LogP contribution in [0.15, 0.2) is 24.8 Å². The lowest BCUT2D eigenvalue weighted by atomic mass is 9.66. The Hall–Kier alpha value is -2.50. The second-order valence-corrected chi connectivity index (χ2v) is 6.15. The topological polar surface area (TPSA) is 71.1 Å². The molecule has 0 aliphatic heterocycles. The number of ether oxygens (including phenoxy) is 4. The Kier molecular flexibility index (Phi) is 6.29. The van der Waals surface area contributed by atoms with E-state index in [1.165, 1.54) is 0 Å². The van der Waals surface area contributed by atoms with Crippen LogP contribution >= 0.6 is 0 Å². The Morgan fingerprint density at radius 2 is 1.77 bits per heavy atom.